The van der Waals surface area contributed by atoms with E-state index < -0.39 is 7.26 Å². The van der Waals surface area contributed by atoms with Crippen molar-refractivity contribution in [3.8, 4) is 29.7 Å². The molecule has 22 heavy (non-hydrogen) atoms. The summed E-state index contributed by atoms with van der Waals surface area (Å²) in [5, 5.41) is 47.1. The molecule has 6 nitrogen and oxygen atoms in total. The fourth-order valence-electron chi connectivity index (χ4n) is 2.38. The van der Waals surface area contributed by atoms with E-state index in [1.54, 1.807) is 0 Å². The molecule has 7 heteroatoms. The predicted molar refractivity (Wildman–Crippen MR) is 83.6 cm³/mol. The van der Waals surface area contributed by atoms with Crippen molar-refractivity contribution in [2.24, 2.45) is 0 Å². The monoisotopic (exact) mass is 319 g/mol. The number of rotatable bonds is 7. The highest BCUT2D eigenvalue weighted by Crippen LogP contribution is 2.60. The van der Waals surface area contributed by atoms with Gasteiger partial charge in [-0.15, -0.1) is 0 Å². The third-order valence-corrected chi connectivity index (χ3v) is 8.04. The quantitative estimate of drug-likeness (QED) is 0.583. The standard InChI is InChI=1S/C15H16N3O2P.H2O/c16-6-1-9-21(10-2-7-17,11-3-8-18)15-12-13(19)4-5-14(15)20;/h4-5,12H,1-3,9-11H2,(H-,19,20);1H2. The maximum absolute atomic E-state index is 10.1. The maximum Gasteiger partial charge on any atom is 0.158 e. The van der Waals surface area contributed by atoms with Crippen LogP contribution < -0.4 is 5.30 Å². The largest absolute Gasteiger partial charge is 0.870 e. The van der Waals surface area contributed by atoms with Gasteiger partial charge in [-0.3, -0.25) is 0 Å². The van der Waals surface area contributed by atoms with Gasteiger partial charge in [-0.05, 0) is 12.1 Å². The van der Waals surface area contributed by atoms with E-state index in [-0.39, 0.29) is 17.0 Å². The van der Waals surface area contributed by atoms with Crippen molar-refractivity contribution >= 4 is 12.6 Å². The van der Waals surface area contributed by atoms with Crippen LogP contribution >= 0.6 is 7.26 Å². The zero-order valence-electron chi connectivity index (χ0n) is 12.1. The molecule has 1 aromatic rings. The summed E-state index contributed by atoms with van der Waals surface area (Å²) in [6.45, 7) is 0. The topological polar surface area (TPSA) is 142 Å². The van der Waals surface area contributed by atoms with Gasteiger partial charge in [0.1, 0.15) is 11.1 Å². The van der Waals surface area contributed by atoms with Crippen LogP contribution in [0.2, 0.25) is 0 Å². The predicted octanol–water partition coefficient (Wildman–Crippen LogP) is 2.30. The van der Waals surface area contributed by atoms with Crippen LogP contribution in [0.4, 0.5) is 0 Å². The fraction of sp³-hybridized carbons (Fsp3) is 0.400. The van der Waals surface area contributed by atoms with E-state index in [1.165, 1.54) is 18.2 Å². The second kappa shape index (κ2) is 9.59. The Bertz CT molecular complexity index is 568. The Morgan fingerprint density at radius 2 is 1.32 bits per heavy atom. The molecular formula is C15H18N3O3P. The van der Waals surface area contributed by atoms with Crippen molar-refractivity contribution < 1.29 is 15.7 Å². The van der Waals surface area contributed by atoms with Crippen molar-refractivity contribution in [3.63, 3.8) is 0 Å². The molecule has 0 aliphatic rings. The first-order valence-electron chi connectivity index (χ1n) is 6.59. The van der Waals surface area contributed by atoms with Crippen LogP contribution in [0.25, 0.3) is 0 Å². The second-order valence-corrected chi connectivity index (χ2v) is 8.83. The van der Waals surface area contributed by atoms with Gasteiger partial charge in [0.15, 0.2) is 5.75 Å². The molecule has 0 unspecified atom stereocenters. The van der Waals surface area contributed by atoms with Crippen LogP contribution in [0.5, 0.6) is 11.5 Å². The van der Waals surface area contributed by atoms with E-state index in [0.29, 0.717) is 43.1 Å². The highest BCUT2D eigenvalue weighted by Gasteiger charge is 2.41. The van der Waals surface area contributed by atoms with Gasteiger partial charge in [0, 0.05) is 6.07 Å². The minimum absolute atomic E-state index is 0. The maximum atomic E-state index is 10.1. The normalized spacial score (nSPS) is 9.86. The van der Waals surface area contributed by atoms with Gasteiger partial charge >= 0.3 is 0 Å². The molecule has 0 amide bonds. The van der Waals surface area contributed by atoms with E-state index in [2.05, 4.69) is 18.2 Å². The Morgan fingerprint density at radius 1 is 0.864 bits per heavy atom. The molecule has 0 aliphatic carbocycles. The van der Waals surface area contributed by atoms with E-state index in [0.717, 1.165) is 0 Å². The van der Waals surface area contributed by atoms with Crippen molar-refractivity contribution in [3.05, 3.63) is 18.2 Å². The van der Waals surface area contributed by atoms with Gasteiger partial charge in [-0.1, -0.05) is 0 Å². The van der Waals surface area contributed by atoms with E-state index in [9.17, 15) is 10.2 Å². The summed E-state index contributed by atoms with van der Waals surface area (Å²) >= 11 is 0. The molecule has 0 heterocycles. The molecule has 3 N–H and O–H groups in total. The van der Waals surface area contributed by atoms with Crippen molar-refractivity contribution in [2.45, 2.75) is 19.3 Å². The minimum Gasteiger partial charge on any atom is -0.870 e. The highest BCUT2D eigenvalue weighted by molar-refractivity contribution is 7.83. The first-order chi connectivity index (χ1) is 10.1. The lowest BCUT2D eigenvalue weighted by Gasteiger charge is -2.26. The first-order valence-corrected chi connectivity index (χ1v) is 8.93. The Balaban J connectivity index is 0.00000441. The summed E-state index contributed by atoms with van der Waals surface area (Å²) in [6.07, 6.45) is 2.55. The lowest BCUT2D eigenvalue weighted by atomic mass is 10.3. The molecule has 0 atom stereocenters. The van der Waals surface area contributed by atoms with E-state index in [1.807, 2.05) is 0 Å². The molecule has 0 saturated heterocycles. The van der Waals surface area contributed by atoms with Crippen LogP contribution in [-0.4, -0.2) is 34.2 Å². The SMILES string of the molecule is N#CCC[P+](CCC#N)(CCC#N)c1cc(O)ccc1O.[OH-]. The van der Waals surface area contributed by atoms with Crippen LogP contribution in [0, 0.1) is 34.0 Å². The zero-order valence-corrected chi connectivity index (χ0v) is 13.0. The number of phenolic OH excluding ortho intramolecular Hbond substituents is 2. The van der Waals surface area contributed by atoms with Crippen molar-refractivity contribution in [1.82, 2.24) is 0 Å². The Kier molecular flexibility index (Phi) is 8.58. The third kappa shape index (κ3) is 4.90. The van der Waals surface area contributed by atoms with Crippen molar-refractivity contribution in [1.29, 1.82) is 15.8 Å². The summed E-state index contributed by atoms with van der Waals surface area (Å²) in [4.78, 5) is 0. The summed E-state index contributed by atoms with van der Waals surface area (Å²) in [5.41, 5.74) is 0. The van der Waals surface area contributed by atoms with E-state index >= 15 is 0 Å². The molecule has 0 radical (unpaired) electrons. The van der Waals surface area contributed by atoms with E-state index in [4.69, 9.17) is 15.8 Å². The summed E-state index contributed by atoms with van der Waals surface area (Å²) in [5.74, 6) is 0.105. The molecule has 0 saturated carbocycles. The molecule has 1 rings (SSSR count). The number of nitrogens with zero attached hydrogens (tertiary/aromatic N) is 3. The number of phenols is 2. The summed E-state index contributed by atoms with van der Waals surface area (Å²) < 4.78 is 0. The molecule has 0 aromatic heterocycles. The van der Waals surface area contributed by atoms with Gasteiger partial charge in [0.2, 0.25) is 0 Å². The van der Waals surface area contributed by atoms with Crippen LogP contribution in [-0.2, 0) is 0 Å². The fourth-order valence-corrected chi connectivity index (χ4v) is 6.32. The molecule has 0 spiro atoms. The highest BCUT2D eigenvalue weighted by atomic mass is 31.2. The number of nitriles is 3. The molecule has 1 aromatic carbocycles. The third-order valence-electron chi connectivity index (χ3n) is 3.42. The average molecular weight is 319 g/mol. The Morgan fingerprint density at radius 3 is 1.73 bits per heavy atom. The molecule has 0 aliphatic heterocycles. The zero-order chi connectivity index (χ0) is 15.7. The Labute approximate surface area is 130 Å². The number of hydrogen-bond acceptors (Lipinski definition) is 6. The van der Waals surface area contributed by atoms with Gasteiger partial charge < -0.3 is 15.7 Å². The average Bonchev–Trinajstić information content (AvgIpc) is 2.49. The smallest absolute Gasteiger partial charge is 0.158 e. The first kappa shape index (κ1) is 19.7. The molecule has 0 bridgehead atoms. The van der Waals surface area contributed by atoms with Gasteiger partial charge in [0.25, 0.3) is 0 Å². The Hall–Kier alpha value is -2.32. The lowest BCUT2D eigenvalue weighted by Crippen LogP contribution is -2.21. The van der Waals surface area contributed by atoms with Gasteiger partial charge in [0.05, 0.1) is 63.2 Å². The number of benzene rings is 1. The summed E-state index contributed by atoms with van der Waals surface area (Å²) in [6, 6.07) is 10.6. The molecule has 0 fully saturated rings. The molecular weight excluding hydrogens is 301 g/mol. The minimum atomic E-state index is -2.04. The molecule has 116 valence electrons. The second-order valence-electron chi connectivity index (χ2n) is 4.71. The van der Waals surface area contributed by atoms with Crippen molar-refractivity contribution in [2.75, 3.05) is 18.5 Å². The number of hydrogen-bond donors (Lipinski definition) is 2. The summed E-state index contributed by atoms with van der Waals surface area (Å²) in [7, 11) is -2.04. The lowest BCUT2D eigenvalue weighted by molar-refractivity contribution is 0.463. The van der Waals surface area contributed by atoms with Crippen LogP contribution in [0.15, 0.2) is 18.2 Å². The van der Waals surface area contributed by atoms with Gasteiger partial charge in [-0.25, -0.2) is 0 Å². The van der Waals surface area contributed by atoms with Crippen LogP contribution in [0.1, 0.15) is 19.3 Å². The van der Waals surface area contributed by atoms with Gasteiger partial charge in [-0.2, -0.15) is 15.8 Å². The van der Waals surface area contributed by atoms with Crippen LogP contribution in [0.3, 0.4) is 0 Å². The number of aromatic hydroxyl groups is 2.